The summed E-state index contributed by atoms with van der Waals surface area (Å²) in [5, 5.41) is 14.3. The van der Waals surface area contributed by atoms with Crippen molar-refractivity contribution in [1.82, 2.24) is 30.1 Å². The van der Waals surface area contributed by atoms with Gasteiger partial charge in [-0.25, -0.2) is 4.68 Å². The van der Waals surface area contributed by atoms with Crippen LogP contribution in [-0.2, 0) is 13.1 Å². The first-order valence-corrected chi connectivity index (χ1v) is 13.7. The van der Waals surface area contributed by atoms with Crippen molar-refractivity contribution < 1.29 is 0 Å². The number of pyridine rings is 1. The van der Waals surface area contributed by atoms with E-state index in [2.05, 4.69) is 93.3 Å². The lowest BCUT2D eigenvalue weighted by Gasteiger charge is -2.32. The van der Waals surface area contributed by atoms with Crippen LogP contribution >= 0.6 is 0 Å². The number of aromatic nitrogens is 5. The van der Waals surface area contributed by atoms with Gasteiger partial charge in [-0.3, -0.25) is 9.69 Å². The van der Waals surface area contributed by atoms with E-state index in [0.29, 0.717) is 19.1 Å². The van der Waals surface area contributed by atoms with E-state index in [0.717, 1.165) is 53.5 Å². The maximum Gasteiger partial charge on any atom is 0.252 e. The van der Waals surface area contributed by atoms with Crippen molar-refractivity contribution in [2.45, 2.75) is 90.9 Å². The zero-order chi connectivity index (χ0) is 25.8. The summed E-state index contributed by atoms with van der Waals surface area (Å²) in [5.41, 5.74) is 5.18. The Morgan fingerprint density at radius 2 is 1.84 bits per heavy atom. The summed E-state index contributed by atoms with van der Waals surface area (Å²) in [5.74, 6) is 0.924. The van der Waals surface area contributed by atoms with Crippen molar-refractivity contribution in [2.24, 2.45) is 0 Å². The number of fused-ring (bicyclic) bond motifs is 1. The van der Waals surface area contributed by atoms with Crippen molar-refractivity contribution >= 4 is 10.9 Å². The monoisotopic (exact) mass is 498 g/mol. The largest absolute Gasteiger partial charge is 0.321 e. The average Bonchev–Trinajstić information content (AvgIpc) is 3.41. The lowest BCUT2D eigenvalue weighted by molar-refractivity contribution is 0.150. The van der Waals surface area contributed by atoms with E-state index in [9.17, 15) is 4.79 Å². The van der Waals surface area contributed by atoms with Crippen LogP contribution in [0.5, 0.6) is 0 Å². The van der Waals surface area contributed by atoms with Crippen LogP contribution in [-0.4, -0.2) is 30.1 Å². The molecule has 0 spiro atoms. The van der Waals surface area contributed by atoms with Crippen LogP contribution < -0.4 is 5.56 Å². The second kappa shape index (κ2) is 11.4. The van der Waals surface area contributed by atoms with Crippen molar-refractivity contribution in [3.05, 3.63) is 87.0 Å². The number of hydrogen-bond acceptors (Lipinski definition) is 5. The highest BCUT2D eigenvalue weighted by Crippen LogP contribution is 2.33. The van der Waals surface area contributed by atoms with E-state index in [1.165, 1.54) is 30.4 Å². The second-order valence-electron chi connectivity index (χ2n) is 10.6. The molecular weight excluding hydrogens is 460 g/mol. The molecule has 1 N–H and O–H groups in total. The van der Waals surface area contributed by atoms with Crippen LogP contribution in [0, 0.1) is 13.8 Å². The van der Waals surface area contributed by atoms with E-state index in [4.69, 9.17) is 0 Å². The molecule has 0 aliphatic heterocycles. The van der Waals surface area contributed by atoms with Crippen LogP contribution in [0.4, 0.5) is 0 Å². The molecule has 4 aromatic rings. The summed E-state index contributed by atoms with van der Waals surface area (Å²) < 4.78 is 2.09. The summed E-state index contributed by atoms with van der Waals surface area (Å²) in [6.07, 6.45) is 7.90. The van der Waals surface area contributed by atoms with E-state index < -0.39 is 0 Å². The van der Waals surface area contributed by atoms with Gasteiger partial charge in [-0.1, -0.05) is 75.1 Å². The van der Waals surface area contributed by atoms with Crippen molar-refractivity contribution in [3.8, 4) is 0 Å². The molecule has 1 unspecified atom stereocenters. The Morgan fingerprint density at radius 1 is 1.05 bits per heavy atom. The zero-order valence-corrected chi connectivity index (χ0v) is 22.3. The number of nitrogens with zero attached hydrogens (tertiary/aromatic N) is 5. The molecule has 1 fully saturated rings. The Morgan fingerprint density at radius 3 is 2.59 bits per heavy atom. The Balaban J connectivity index is 1.55. The molecule has 37 heavy (non-hydrogen) atoms. The summed E-state index contributed by atoms with van der Waals surface area (Å²) >= 11 is 0. The van der Waals surface area contributed by atoms with Crippen molar-refractivity contribution in [2.75, 3.05) is 0 Å². The number of aromatic amines is 1. The Labute approximate surface area is 218 Å². The van der Waals surface area contributed by atoms with Gasteiger partial charge < -0.3 is 4.98 Å². The predicted octanol–water partition coefficient (Wildman–Crippen LogP) is 6.18. The van der Waals surface area contributed by atoms with Crippen LogP contribution in [0.25, 0.3) is 10.9 Å². The van der Waals surface area contributed by atoms with Crippen LogP contribution in [0.2, 0.25) is 0 Å². The molecule has 1 aliphatic carbocycles. The molecule has 1 atom stereocenters. The summed E-state index contributed by atoms with van der Waals surface area (Å²) in [6.45, 7) is 7.59. The van der Waals surface area contributed by atoms with E-state index >= 15 is 0 Å². The molecule has 0 amide bonds. The third-order valence-electron chi connectivity index (χ3n) is 7.97. The van der Waals surface area contributed by atoms with E-state index in [-0.39, 0.29) is 11.6 Å². The van der Waals surface area contributed by atoms with E-state index in [1.807, 2.05) is 6.07 Å². The maximum atomic E-state index is 13.3. The molecule has 1 aliphatic rings. The Hall–Kier alpha value is -3.32. The van der Waals surface area contributed by atoms with Gasteiger partial charge in [-0.15, -0.1) is 5.10 Å². The topological polar surface area (TPSA) is 79.7 Å². The summed E-state index contributed by atoms with van der Waals surface area (Å²) in [4.78, 5) is 18.9. The highest BCUT2D eigenvalue weighted by atomic mass is 16.1. The molecule has 7 nitrogen and oxygen atoms in total. The molecule has 0 saturated heterocycles. The first-order chi connectivity index (χ1) is 18.0. The molecular formula is C30H38N6O. The van der Waals surface area contributed by atoms with Crippen LogP contribution in [0.3, 0.4) is 0 Å². The molecule has 5 rings (SSSR count). The Bertz CT molecular complexity index is 1390. The third kappa shape index (κ3) is 5.52. The quantitative estimate of drug-likeness (QED) is 0.298. The first-order valence-electron chi connectivity index (χ1n) is 13.7. The number of hydrogen-bond donors (Lipinski definition) is 1. The lowest BCUT2D eigenvalue weighted by atomic mass is 9.95. The van der Waals surface area contributed by atoms with Gasteiger partial charge in [0.1, 0.15) is 0 Å². The van der Waals surface area contributed by atoms with Gasteiger partial charge in [-0.2, -0.15) is 0 Å². The summed E-state index contributed by atoms with van der Waals surface area (Å²) in [7, 11) is 0. The van der Waals surface area contributed by atoms with Crippen molar-refractivity contribution in [3.63, 3.8) is 0 Å². The van der Waals surface area contributed by atoms with Crippen LogP contribution in [0.1, 0.15) is 92.0 Å². The zero-order valence-electron chi connectivity index (χ0n) is 22.3. The SMILES string of the molecule is CCCC(c1nnnn1C1CCCCC1)N(Cc1ccccc1)Cc1cc2ccc(C)c(C)c2[nH]c1=O. The van der Waals surface area contributed by atoms with Gasteiger partial charge in [0.2, 0.25) is 0 Å². The highest BCUT2D eigenvalue weighted by Gasteiger charge is 2.29. The molecule has 0 bridgehead atoms. The molecule has 7 heteroatoms. The Kier molecular flexibility index (Phi) is 7.79. The van der Waals surface area contributed by atoms with Crippen LogP contribution in [0.15, 0.2) is 53.3 Å². The fraction of sp³-hybridized carbons (Fsp3) is 0.467. The molecule has 1 saturated carbocycles. The molecule has 2 aromatic heterocycles. The van der Waals surface area contributed by atoms with Gasteiger partial charge in [-0.05, 0) is 71.7 Å². The van der Waals surface area contributed by atoms with E-state index in [1.54, 1.807) is 0 Å². The normalized spacial score (nSPS) is 15.5. The fourth-order valence-corrected chi connectivity index (χ4v) is 5.75. The number of nitrogens with one attached hydrogen (secondary N) is 1. The second-order valence-corrected chi connectivity index (χ2v) is 10.6. The average molecular weight is 499 g/mol. The van der Waals surface area contributed by atoms with Gasteiger partial charge >= 0.3 is 0 Å². The van der Waals surface area contributed by atoms with Crippen molar-refractivity contribution in [1.29, 1.82) is 0 Å². The van der Waals surface area contributed by atoms with Gasteiger partial charge in [0, 0.05) is 18.7 Å². The number of tetrazole rings is 1. The minimum atomic E-state index is -0.0265. The molecule has 194 valence electrons. The smallest absolute Gasteiger partial charge is 0.252 e. The highest BCUT2D eigenvalue weighted by molar-refractivity contribution is 5.83. The number of aryl methyl sites for hydroxylation is 2. The minimum absolute atomic E-state index is 0.0111. The third-order valence-corrected chi connectivity index (χ3v) is 7.97. The van der Waals surface area contributed by atoms with Gasteiger partial charge in [0.15, 0.2) is 5.82 Å². The molecule has 0 radical (unpaired) electrons. The number of H-pyrrole nitrogens is 1. The number of rotatable bonds is 9. The summed E-state index contributed by atoms with van der Waals surface area (Å²) in [6, 6.07) is 17.1. The van der Waals surface area contributed by atoms with Gasteiger partial charge in [0.05, 0.1) is 17.6 Å². The fourth-order valence-electron chi connectivity index (χ4n) is 5.75. The molecule has 2 aromatic carbocycles. The predicted molar refractivity (Wildman–Crippen MR) is 147 cm³/mol. The standard InChI is InChI=1S/C30H38N6O/c1-4-11-27(29-32-33-34-36(29)26-14-9-6-10-15-26)35(19-23-12-7-5-8-13-23)20-25-18-24-17-16-21(2)22(3)28(24)31-30(25)37/h5,7-8,12-13,16-18,26-27H,4,6,9-11,14-15,19-20H2,1-3H3,(H,31,37). The first kappa shape index (κ1) is 25.3. The maximum absolute atomic E-state index is 13.3. The minimum Gasteiger partial charge on any atom is -0.321 e. The number of benzene rings is 2. The molecule has 2 heterocycles. The van der Waals surface area contributed by atoms with Gasteiger partial charge in [0.25, 0.3) is 5.56 Å². The lowest BCUT2D eigenvalue weighted by Crippen LogP contribution is -2.33.